The van der Waals surface area contributed by atoms with Gasteiger partial charge in [-0.15, -0.1) is 0 Å². The number of benzene rings is 2. The van der Waals surface area contributed by atoms with Gasteiger partial charge in [0.15, 0.2) is 0 Å². The van der Waals surface area contributed by atoms with E-state index in [9.17, 15) is 0 Å². The van der Waals surface area contributed by atoms with E-state index in [0.29, 0.717) is 5.92 Å². The fourth-order valence-electron chi connectivity index (χ4n) is 3.36. The summed E-state index contributed by atoms with van der Waals surface area (Å²) in [5, 5.41) is 0. The normalized spacial score (nSPS) is 15.2. The summed E-state index contributed by atoms with van der Waals surface area (Å²) >= 11 is 0. The number of hydrogen-bond donors (Lipinski definition) is 1. The van der Waals surface area contributed by atoms with Gasteiger partial charge in [-0.05, 0) is 59.4 Å². The molecule has 0 amide bonds. The largest absolute Gasteiger partial charge is 0.320 e. The lowest BCUT2D eigenvalue weighted by atomic mass is 9.93. The molecule has 2 aromatic rings. The molecule has 0 radical (unpaired) electrons. The van der Waals surface area contributed by atoms with Gasteiger partial charge in [0.2, 0.25) is 0 Å². The summed E-state index contributed by atoms with van der Waals surface area (Å²) in [6.45, 7) is 4.51. The standard InChI is InChI=1S/C20H25N/c1-14(2)11-15-5-3-8-18(12-15)20(21)19-10-9-16-6-4-7-17(16)13-19/h3,5,8-10,12-14,20H,4,6-7,11,21H2,1-2H3. The second kappa shape index (κ2) is 6.03. The summed E-state index contributed by atoms with van der Waals surface area (Å²) in [5.41, 5.74) is 13.4. The minimum Gasteiger partial charge on any atom is -0.320 e. The van der Waals surface area contributed by atoms with Crippen LogP contribution in [0.1, 0.15) is 54.1 Å². The van der Waals surface area contributed by atoms with Crippen LogP contribution in [0.15, 0.2) is 42.5 Å². The molecule has 1 heteroatoms. The van der Waals surface area contributed by atoms with E-state index in [4.69, 9.17) is 5.73 Å². The third kappa shape index (κ3) is 3.19. The minimum atomic E-state index is -0.0111. The maximum Gasteiger partial charge on any atom is 0.0551 e. The van der Waals surface area contributed by atoms with Crippen LogP contribution in [0, 0.1) is 5.92 Å². The SMILES string of the molecule is CC(C)Cc1cccc(C(N)c2ccc3c(c2)CCC3)c1. The second-order valence-corrected chi connectivity index (χ2v) is 6.70. The Morgan fingerprint density at radius 3 is 2.52 bits per heavy atom. The van der Waals surface area contributed by atoms with Crippen LogP contribution < -0.4 is 5.73 Å². The third-order valence-corrected chi connectivity index (χ3v) is 4.44. The van der Waals surface area contributed by atoms with Gasteiger partial charge in [-0.2, -0.15) is 0 Å². The van der Waals surface area contributed by atoms with Crippen molar-refractivity contribution in [2.45, 2.75) is 45.6 Å². The summed E-state index contributed by atoms with van der Waals surface area (Å²) in [6.07, 6.45) is 4.85. The van der Waals surface area contributed by atoms with Crippen LogP contribution in [0.25, 0.3) is 0 Å². The smallest absolute Gasteiger partial charge is 0.0551 e. The molecule has 0 fully saturated rings. The molecular weight excluding hydrogens is 254 g/mol. The van der Waals surface area contributed by atoms with Crippen molar-refractivity contribution < 1.29 is 0 Å². The minimum absolute atomic E-state index is 0.0111. The molecule has 3 rings (SSSR count). The molecular formula is C20H25N. The Balaban J connectivity index is 1.86. The third-order valence-electron chi connectivity index (χ3n) is 4.44. The average Bonchev–Trinajstić information content (AvgIpc) is 2.93. The fourth-order valence-corrected chi connectivity index (χ4v) is 3.36. The Morgan fingerprint density at radius 2 is 1.71 bits per heavy atom. The number of fused-ring (bicyclic) bond motifs is 1. The van der Waals surface area contributed by atoms with Crippen molar-refractivity contribution in [3.63, 3.8) is 0 Å². The fraction of sp³-hybridized carbons (Fsp3) is 0.400. The Kier molecular flexibility index (Phi) is 4.12. The zero-order chi connectivity index (χ0) is 14.8. The van der Waals surface area contributed by atoms with E-state index < -0.39 is 0 Å². The van der Waals surface area contributed by atoms with Crippen molar-refractivity contribution in [1.29, 1.82) is 0 Å². The molecule has 1 aliphatic carbocycles. The molecule has 0 aliphatic heterocycles. The number of nitrogens with two attached hydrogens (primary N) is 1. The molecule has 0 saturated heterocycles. The summed E-state index contributed by atoms with van der Waals surface area (Å²) in [5.74, 6) is 0.677. The van der Waals surface area contributed by atoms with Crippen LogP contribution >= 0.6 is 0 Å². The predicted octanol–water partition coefficient (Wildman–Crippen LogP) is 4.42. The zero-order valence-corrected chi connectivity index (χ0v) is 13.1. The molecule has 0 spiro atoms. The summed E-state index contributed by atoms with van der Waals surface area (Å²) in [6, 6.07) is 15.6. The molecule has 0 aromatic heterocycles. The van der Waals surface area contributed by atoms with Crippen LogP contribution in [0.2, 0.25) is 0 Å². The Morgan fingerprint density at radius 1 is 0.952 bits per heavy atom. The Bertz CT molecular complexity index is 627. The quantitative estimate of drug-likeness (QED) is 0.880. The highest BCUT2D eigenvalue weighted by molar-refractivity contribution is 5.40. The zero-order valence-electron chi connectivity index (χ0n) is 13.1. The second-order valence-electron chi connectivity index (χ2n) is 6.70. The van der Waals surface area contributed by atoms with Crippen LogP contribution in [0.5, 0.6) is 0 Å². The van der Waals surface area contributed by atoms with E-state index in [0.717, 1.165) is 6.42 Å². The van der Waals surface area contributed by atoms with E-state index in [1.807, 2.05) is 0 Å². The molecule has 1 atom stereocenters. The highest BCUT2D eigenvalue weighted by Gasteiger charge is 2.15. The lowest BCUT2D eigenvalue weighted by molar-refractivity contribution is 0.646. The van der Waals surface area contributed by atoms with Gasteiger partial charge in [0.1, 0.15) is 0 Å². The summed E-state index contributed by atoms with van der Waals surface area (Å²) in [7, 11) is 0. The molecule has 1 aliphatic rings. The van der Waals surface area contributed by atoms with E-state index in [1.54, 1.807) is 0 Å². The number of hydrogen-bond acceptors (Lipinski definition) is 1. The van der Waals surface area contributed by atoms with Crippen LogP contribution in [-0.4, -0.2) is 0 Å². The van der Waals surface area contributed by atoms with Gasteiger partial charge in [0, 0.05) is 0 Å². The first-order valence-electron chi connectivity index (χ1n) is 8.09. The molecule has 110 valence electrons. The highest BCUT2D eigenvalue weighted by Crippen LogP contribution is 2.27. The van der Waals surface area contributed by atoms with Crippen molar-refractivity contribution >= 4 is 0 Å². The molecule has 0 heterocycles. The maximum atomic E-state index is 6.51. The van der Waals surface area contributed by atoms with Crippen molar-refractivity contribution in [3.8, 4) is 0 Å². The van der Waals surface area contributed by atoms with Gasteiger partial charge < -0.3 is 5.73 Å². The van der Waals surface area contributed by atoms with Crippen molar-refractivity contribution in [2.75, 3.05) is 0 Å². The van der Waals surface area contributed by atoms with Gasteiger partial charge in [0.05, 0.1) is 6.04 Å². The molecule has 1 unspecified atom stereocenters. The molecule has 1 nitrogen and oxygen atoms in total. The van der Waals surface area contributed by atoms with Gasteiger partial charge >= 0.3 is 0 Å². The first-order valence-corrected chi connectivity index (χ1v) is 8.09. The molecule has 21 heavy (non-hydrogen) atoms. The topological polar surface area (TPSA) is 26.0 Å². The highest BCUT2D eigenvalue weighted by atomic mass is 14.6. The first kappa shape index (κ1) is 14.3. The van der Waals surface area contributed by atoms with E-state index >= 15 is 0 Å². The average molecular weight is 279 g/mol. The Hall–Kier alpha value is -1.60. The van der Waals surface area contributed by atoms with E-state index in [1.165, 1.54) is 47.1 Å². The van der Waals surface area contributed by atoms with Crippen LogP contribution in [0.4, 0.5) is 0 Å². The molecule has 0 bridgehead atoms. The van der Waals surface area contributed by atoms with E-state index in [2.05, 4.69) is 56.3 Å². The lowest BCUT2D eigenvalue weighted by Gasteiger charge is -2.16. The van der Waals surface area contributed by atoms with Crippen molar-refractivity contribution in [2.24, 2.45) is 11.7 Å². The van der Waals surface area contributed by atoms with Gasteiger partial charge in [-0.3, -0.25) is 0 Å². The molecule has 2 aromatic carbocycles. The van der Waals surface area contributed by atoms with Crippen molar-refractivity contribution in [1.82, 2.24) is 0 Å². The number of rotatable bonds is 4. The number of aryl methyl sites for hydroxylation is 2. The van der Waals surface area contributed by atoms with Crippen LogP contribution in [-0.2, 0) is 19.3 Å². The summed E-state index contributed by atoms with van der Waals surface area (Å²) in [4.78, 5) is 0. The van der Waals surface area contributed by atoms with Gasteiger partial charge in [-0.1, -0.05) is 56.3 Å². The predicted molar refractivity (Wildman–Crippen MR) is 89.5 cm³/mol. The first-order chi connectivity index (χ1) is 10.1. The van der Waals surface area contributed by atoms with Gasteiger partial charge in [0.25, 0.3) is 0 Å². The summed E-state index contributed by atoms with van der Waals surface area (Å²) < 4.78 is 0. The Labute approximate surface area is 128 Å². The van der Waals surface area contributed by atoms with E-state index in [-0.39, 0.29) is 6.04 Å². The monoisotopic (exact) mass is 279 g/mol. The molecule has 0 saturated carbocycles. The van der Waals surface area contributed by atoms with Crippen LogP contribution in [0.3, 0.4) is 0 Å². The maximum absolute atomic E-state index is 6.51. The lowest BCUT2D eigenvalue weighted by Crippen LogP contribution is -2.12. The molecule has 2 N–H and O–H groups in total. The van der Waals surface area contributed by atoms with Crippen molar-refractivity contribution in [3.05, 3.63) is 70.3 Å². The van der Waals surface area contributed by atoms with Gasteiger partial charge in [-0.25, -0.2) is 0 Å².